The molecule has 1 aromatic heterocycles. The molecular weight excluding hydrogens is 180 g/mol. The van der Waals surface area contributed by atoms with E-state index in [-0.39, 0.29) is 0 Å². The molecule has 0 aliphatic rings. The molecule has 0 aliphatic heterocycles. The average Bonchev–Trinajstić information content (AvgIpc) is 2.34. The second-order valence-electron chi connectivity index (χ2n) is 2.35. The van der Waals surface area contributed by atoms with Crippen LogP contribution >= 0.6 is 11.6 Å². The highest BCUT2D eigenvalue weighted by Gasteiger charge is 2.11. The fourth-order valence-electron chi connectivity index (χ4n) is 0.742. The van der Waals surface area contributed by atoms with Crippen molar-refractivity contribution >= 4 is 17.6 Å². The number of nitrogens with zero attached hydrogens (tertiary/aromatic N) is 2. The van der Waals surface area contributed by atoms with Gasteiger partial charge in [0.15, 0.2) is 5.56 Å². The first kappa shape index (κ1) is 9.06. The van der Waals surface area contributed by atoms with Crippen molar-refractivity contribution in [1.29, 1.82) is 0 Å². The summed E-state index contributed by atoms with van der Waals surface area (Å²) in [6.07, 6.45) is 3.00. The minimum Gasteiger partial charge on any atom is -0.443 e. The van der Waals surface area contributed by atoms with E-state index in [1.165, 1.54) is 10.9 Å². The Kier molecular flexibility index (Phi) is 2.70. The van der Waals surface area contributed by atoms with Crippen LogP contribution in [0.15, 0.2) is 12.4 Å². The van der Waals surface area contributed by atoms with Crippen molar-refractivity contribution in [2.75, 3.05) is 0 Å². The Morgan fingerprint density at radius 3 is 2.92 bits per heavy atom. The molecule has 12 heavy (non-hydrogen) atoms. The van der Waals surface area contributed by atoms with Crippen LogP contribution in [0.3, 0.4) is 0 Å². The Morgan fingerprint density at radius 1 is 1.83 bits per heavy atom. The third-order valence-corrected chi connectivity index (χ3v) is 1.30. The number of esters is 1. The number of hydrogen-bond donors (Lipinski definition) is 0. The smallest absolute Gasteiger partial charge is 0.342 e. The van der Waals surface area contributed by atoms with Gasteiger partial charge in [-0.05, 0) is 6.92 Å². The molecule has 0 fully saturated rings. The SMILES string of the molecule is C[C@@H](Cl)OC(=O)c1cnn(C)c1. The van der Waals surface area contributed by atoms with Gasteiger partial charge in [-0.25, -0.2) is 4.79 Å². The van der Waals surface area contributed by atoms with Crippen molar-refractivity contribution in [3.8, 4) is 0 Å². The van der Waals surface area contributed by atoms with Crippen LogP contribution in [0.25, 0.3) is 0 Å². The fraction of sp³-hybridized carbons (Fsp3) is 0.429. The highest BCUT2D eigenvalue weighted by atomic mass is 35.5. The van der Waals surface area contributed by atoms with Gasteiger partial charge in [0.05, 0.1) is 11.8 Å². The summed E-state index contributed by atoms with van der Waals surface area (Å²) in [6, 6.07) is 0. The van der Waals surface area contributed by atoms with E-state index in [0.29, 0.717) is 5.56 Å². The summed E-state index contributed by atoms with van der Waals surface area (Å²) in [5.74, 6) is -0.453. The molecule has 0 bridgehead atoms. The van der Waals surface area contributed by atoms with Crippen LogP contribution in [0.4, 0.5) is 0 Å². The Morgan fingerprint density at radius 2 is 2.50 bits per heavy atom. The zero-order valence-corrected chi connectivity index (χ0v) is 7.58. The van der Waals surface area contributed by atoms with Gasteiger partial charge in [0.1, 0.15) is 0 Å². The molecule has 66 valence electrons. The highest BCUT2D eigenvalue weighted by Crippen LogP contribution is 2.04. The molecule has 5 heteroatoms. The number of halogens is 1. The van der Waals surface area contributed by atoms with Crippen LogP contribution in [0.1, 0.15) is 17.3 Å². The number of rotatable bonds is 2. The van der Waals surface area contributed by atoms with Crippen LogP contribution in [0.5, 0.6) is 0 Å². The zero-order valence-electron chi connectivity index (χ0n) is 6.82. The minimum atomic E-state index is -0.613. The first-order valence-electron chi connectivity index (χ1n) is 3.43. The van der Waals surface area contributed by atoms with E-state index in [2.05, 4.69) is 5.10 Å². The maximum atomic E-state index is 11.1. The van der Waals surface area contributed by atoms with Gasteiger partial charge in [-0.3, -0.25) is 4.68 Å². The largest absolute Gasteiger partial charge is 0.443 e. The standard InChI is InChI=1S/C7H9ClN2O2/c1-5(8)12-7(11)6-3-9-10(2)4-6/h3-5H,1-2H3/t5-/m0/s1. The quantitative estimate of drug-likeness (QED) is 0.517. The Bertz CT molecular complexity index is 283. The molecular formula is C7H9ClN2O2. The predicted molar refractivity (Wildman–Crippen MR) is 43.9 cm³/mol. The Labute approximate surface area is 75.1 Å². The predicted octanol–water partition coefficient (Wildman–Crippen LogP) is 1.16. The number of hydrogen-bond acceptors (Lipinski definition) is 3. The maximum absolute atomic E-state index is 11.1. The van der Waals surface area contributed by atoms with Crippen molar-refractivity contribution in [3.63, 3.8) is 0 Å². The van der Waals surface area contributed by atoms with Crippen LogP contribution in [-0.2, 0) is 11.8 Å². The third kappa shape index (κ3) is 2.23. The minimum absolute atomic E-state index is 0.407. The molecule has 4 nitrogen and oxygen atoms in total. The lowest BCUT2D eigenvalue weighted by Gasteiger charge is -2.02. The van der Waals surface area contributed by atoms with Crippen LogP contribution < -0.4 is 0 Å². The summed E-state index contributed by atoms with van der Waals surface area (Å²) < 4.78 is 6.25. The first-order valence-corrected chi connectivity index (χ1v) is 3.87. The van der Waals surface area contributed by atoms with E-state index in [4.69, 9.17) is 16.3 Å². The van der Waals surface area contributed by atoms with Gasteiger partial charge >= 0.3 is 5.97 Å². The lowest BCUT2D eigenvalue weighted by molar-refractivity contribution is 0.0472. The molecule has 0 aromatic carbocycles. The summed E-state index contributed by atoms with van der Waals surface area (Å²) in [4.78, 5) is 11.1. The molecule has 0 unspecified atom stereocenters. The molecule has 1 atom stereocenters. The molecule has 0 spiro atoms. The zero-order chi connectivity index (χ0) is 9.14. The second kappa shape index (κ2) is 3.58. The molecule has 0 saturated heterocycles. The van der Waals surface area contributed by atoms with Crippen molar-refractivity contribution in [1.82, 2.24) is 9.78 Å². The van der Waals surface area contributed by atoms with Crippen molar-refractivity contribution in [2.24, 2.45) is 7.05 Å². The number of ether oxygens (including phenoxy) is 1. The van der Waals surface area contributed by atoms with E-state index in [9.17, 15) is 4.79 Å². The number of alkyl halides is 1. The normalized spacial score (nSPS) is 12.6. The van der Waals surface area contributed by atoms with Gasteiger partial charge in [0.2, 0.25) is 0 Å². The van der Waals surface area contributed by atoms with Gasteiger partial charge in [-0.15, -0.1) is 0 Å². The van der Waals surface area contributed by atoms with Gasteiger partial charge in [-0.1, -0.05) is 11.6 Å². The molecule has 0 radical (unpaired) electrons. The molecule has 0 amide bonds. The lowest BCUT2D eigenvalue weighted by Crippen LogP contribution is -2.08. The fourth-order valence-corrected chi connectivity index (χ4v) is 0.823. The molecule has 0 aliphatic carbocycles. The number of carbonyl (C=O) groups is 1. The maximum Gasteiger partial charge on any atom is 0.342 e. The molecule has 1 aromatic rings. The van der Waals surface area contributed by atoms with Gasteiger partial charge < -0.3 is 4.74 Å². The monoisotopic (exact) mass is 188 g/mol. The van der Waals surface area contributed by atoms with E-state index >= 15 is 0 Å². The number of aryl methyl sites for hydroxylation is 1. The summed E-state index contributed by atoms with van der Waals surface area (Å²) in [6.45, 7) is 1.58. The van der Waals surface area contributed by atoms with Gasteiger partial charge in [0, 0.05) is 13.2 Å². The molecule has 1 rings (SSSR count). The van der Waals surface area contributed by atoms with Gasteiger partial charge in [0.25, 0.3) is 0 Å². The number of aromatic nitrogens is 2. The van der Waals surface area contributed by atoms with Crippen molar-refractivity contribution in [2.45, 2.75) is 12.5 Å². The molecule has 0 saturated carbocycles. The summed E-state index contributed by atoms with van der Waals surface area (Å²) >= 11 is 5.46. The van der Waals surface area contributed by atoms with Crippen LogP contribution in [0.2, 0.25) is 0 Å². The summed E-state index contributed by atoms with van der Waals surface area (Å²) in [5.41, 5.74) is -0.206. The molecule has 1 heterocycles. The van der Waals surface area contributed by atoms with Gasteiger partial charge in [-0.2, -0.15) is 5.10 Å². The molecule has 0 N–H and O–H groups in total. The van der Waals surface area contributed by atoms with E-state index in [1.54, 1.807) is 20.2 Å². The summed E-state index contributed by atoms with van der Waals surface area (Å²) in [7, 11) is 1.72. The second-order valence-corrected chi connectivity index (χ2v) is 2.97. The van der Waals surface area contributed by atoms with Crippen molar-refractivity contribution < 1.29 is 9.53 Å². The Balaban J connectivity index is 2.65. The van der Waals surface area contributed by atoms with E-state index in [0.717, 1.165) is 0 Å². The van der Waals surface area contributed by atoms with Crippen LogP contribution in [-0.4, -0.2) is 21.3 Å². The lowest BCUT2D eigenvalue weighted by atomic mass is 10.4. The van der Waals surface area contributed by atoms with Crippen LogP contribution in [0, 0.1) is 0 Å². The number of carbonyl (C=O) groups excluding carboxylic acids is 1. The van der Waals surface area contributed by atoms with Crippen molar-refractivity contribution in [3.05, 3.63) is 18.0 Å². The first-order chi connectivity index (χ1) is 5.59. The highest BCUT2D eigenvalue weighted by molar-refractivity contribution is 6.20. The summed E-state index contributed by atoms with van der Waals surface area (Å²) in [5, 5.41) is 3.82. The Hall–Kier alpha value is -1.03. The average molecular weight is 189 g/mol. The topological polar surface area (TPSA) is 44.1 Å². The van der Waals surface area contributed by atoms with E-state index < -0.39 is 11.5 Å². The van der Waals surface area contributed by atoms with E-state index in [1.807, 2.05) is 0 Å². The third-order valence-electron chi connectivity index (χ3n) is 1.21.